The second-order valence-corrected chi connectivity index (χ2v) is 4.59. The lowest BCUT2D eigenvalue weighted by molar-refractivity contribution is -0.115. The number of fused-ring (bicyclic) bond motifs is 1. The number of aromatic amines is 1. The van der Waals surface area contributed by atoms with Crippen molar-refractivity contribution in [1.82, 2.24) is 15.3 Å². The molecule has 2 rings (SSSR count). The predicted octanol–water partition coefficient (Wildman–Crippen LogP) is 1.84. The fourth-order valence-electron chi connectivity index (χ4n) is 1.75. The molecule has 0 atom stereocenters. The van der Waals surface area contributed by atoms with Gasteiger partial charge in [-0.05, 0) is 25.2 Å². The highest BCUT2D eigenvalue weighted by Crippen LogP contribution is 2.20. The molecule has 1 heterocycles. The van der Waals surface area contributed by atoms with Crippen LogP contribution in [0.1, 0.15) is 25.6 Å². The van der Waals surface area contributed by atoms with Crippen molar-refractivity contribution in [2.24, 2.45) is 0 Å². The molecule has 1 aromatic carbocycles. The van der Waals surface area contributed by atoms with Crippen LogP contribution in [0.5, 0.6) is 0 Å². The van der Waals surface area contributed by atoms with Crippen molar-refractivity contribution >= 4 is 22.6 Å². The Bertz CT molecular complexity index is 559. The topological polar surface area (TPSA) is 69.8 Å². The largest absolute Gasteiger partial charge is 0.342 e. The molecule has 18 heavy (non-hydrogen) atoms. The van der Waals surface area contributed by atoms with E-state index in [0.717, 1.165) is 22.5 Å². The lowest BCUT2D eigenvalue weighted by Crippen LogP contribution is -2.24. The Morgan fingerprint density at radius 2 is 2.22 bits per heavy atom. The van der Waals surface area contributed by atoms with Crippen molar-refractivity contribution in [2.45, 2.75) is 19.8 Å². The van der Waals surface area contributed by atoms with Crippen molar-refractivity contribution in [3.05, 3.63) is 24.0 Å². The minimum atomic E-state index is -0.0551. The first kappa shape index (κ1) is 12.6. The number of imidazole rings is 1. The van der Waals surface area contributed by atoms with Gasteiger partial charge in [-0.2, -0.15) is 0 Å². The van der Waals surface area contributed by atoms with Crippen LogP contribution in [-0.4, -0.2) is 29.5 Å². The number of H-pyrrole nitrogens is 1. The van der Waals surface area contributed by atoms with Crippen LogP contribution in [0.25, 0.3) is 11.0 Å². The van der Waals surface area contributed by atoms with E-state index in [-0.39, 0.29) is 5.91 Å². The second-order valence-electron chi connectivity index (χ2n) is 4.59. The summed E-state index contributed by atoms with van der Waals surface area (Å²) in [6, 6.07) is 5.68. The molecule has 3 N–H and O–H groups in total. The lowest BCUT2D eigenvalue weighted by atomic mass is 10.2. The number of aromatic nitrogens is 2. The van der Waals surface area contributed by atoms with E-state index in [0.29, 0.717) is 12.5 Å². The Hall–Kier alpha value is -1.88. The highest BCUT2D eigenvalue weighted by Gasteiger charge is 2.07. The van der Waals surface area contributed by atoms with Gasteiger partial charge in [-0.25, -0.2) is 4.98 Å². The molecule has 0 unspecified atom stereocenters. The van der Waals surface area contributed by atoms with Crippen LogP contribution < -0.4 is 10.6 Å². The molecule has 5 nitrogen and oxygen atoms in total. The quantitative estimate of drug-likeness (QED) is 0.771. The maximum absolute atomic E-state index is 11.5. The number of carbonyl (C=O) groups is 1. The van der Waals surface area contributed by atoms with E-state index in [1.165, 1.54) is 0 Å². The van der Waals surface area contributed by atoms with Crippen LogP contribution in [0.15, 0.2) is 18.2 Å². The molecule has 5 heteroatoms. The molecule has 0 aliphatic heterocycles. The summed E-state index contributed by atoms with van der Waals surface area (Å²) < 4.78 is 0. The Labute approximate surface area is 106 Å². The van der Waals surface area contributed by atoms with Crippen molar-refractivity contribution in [1.29, 1.82) is 0 Å². The summed E-state index contributed by atoms with van der Waals surface area (Å²) in [4.78, 5) is 19.2. The summed E-state index contributed by atoms with van der Waals surface area (Å²) in [7, 11) is 1.74. The number of nitrogens with one attached hydrogen (secondary N) is 3. The monoisotopic (exact) mass is 246 g/mol. The molecule has 1 aromatic heterocycles. The van der Waals surface area contributed by atoms with Gasteiger partial charge >= 0.3 is 0 Å². The van der Waals surface area contributed by atoms with Crippen LogP contribution in [0.4, 0.5) is 5.69 Å². The zero-order chi connectivity index (χ0) is 13.1. The number of nitrogens with zero attached hydrogens (tertiary/aromatic N) is 1. The molecular formula is C13H18N4O. The molecule has 2 aromatic rings. The van der Waals surface area contributed by atoms with Gasteiger partial charge in [-0.1, -0.05) is 13.8 Å². The summed E-state index contributed by atoms with van der Waals surface area (Å²) in [5.41, 5.74) is 2.65. The van der Waals surface area contributed by atoms with Crippen LogP contribution in [0, 0.1) is 0 Å². The normalized spacial score (nSPS) is 11.1. The third-order valence-corrected chi connectivity index (χ3v) is 2.67. The first-order chi connectivity index (χ1) is 8.60. The summed E-state index contributed by atoms with van der Waals surface area (Å²) >= 11 is 0. The molecule has 0 spiro atoms. The summed E-state index contributed by atoms with van der Waals surface area (Å²) in [6.45, 7) is 4.49. The SMILES string of the molecule is CNCC(=O)Nc1ccc2nc(C(C)C)[nH]c2c1. The number of hydrogen-bond donors (Lipinski definition) is 3. The lowest BCUT2D eigenvalue weighted by Gasteiger charge is -2.04. The standard InChI is InChI=1S/C13H18N4O/c1-8(2)13-16-10-5-4-9(6-11(10)17-13)15-12(18)7-14-3/h4-6,8,14H,7H2,1-3H3,(H,15,18)(H,16,17). The van der Waals surface area contributed by atoms with E-state index in [1.54, 1.807) is 7.05 Å². The minimum absolute atomic E-state index is 0.0551. The van der Waals surface area contributed by atoms with Crippen molar-refractivity contribution in [3.8, 4) is 0 Å². The molecule has 0 fully saturated rings. The molecule has 0 bridgehead atoms. The highest BCUT2D eigenvalue weighted by atomic mass is 16.1. The van der Waals surface area contributed by atoms with Gasteiger partial charge in [0.25, 0.3) is 0 Å². The van der Waals surface area contributed by atoms with Gasteiger partial charge < -0.3 is 15.6 Å². The molecule has 0 aliphatic carbocycles. The third kappa shape index (κ3) is 2.68. The zero-order valence-electron chi connectivity index (χ0n) is 10.9. The molecule has 96 valence electrons. The molecular weight excluding hydrogens is 228 g/mol. The summed E-state index contributed by atoms with van der Waals surface area (Å²) in [5, 5.41) is 5.64. The maximum atomic E-state index is 11.5. The molecule has 1 amide bonds. The maximum Gasteiger partial charge on any atom is 0.238 e. The van der Waals surface area contributed by atoms with Crippen LogP contribution in [0.3, 0.4) is 0 Å². The predicted molar refractivity (Wildman–Crippen MR) is 72.7 cm³/mol. The van der Waals surface area contributed by atoms with Crippen molar-refractivity contribution in [2.75, 3.05) is 18.9 Å². The van der Waals surface area contributed by atoms with Gasteiger partial charge in [-0.3, -0.25) is 4.79 Å². The van der Waals surface area contributed by atoms with E-state index in [9.17, 15) is 4.79 Å². The fraction of sp³-hybridized carbons (Fsp3) is 0.385. The Morgan fingerprint density at radius 1 is 1.44 bits per heavy atom. The Kier molecular flexibility index (Phi) is 3.62. The van der Waals surface area contributed by atoms with Crippen LogP contribution >= 0.6 is 0 Å². The van der Waals surface area contributed by atoms with Crippen LogP contribution in [0.2, 0.25) is 0 Å². The molecule has 0 radical (unpaired) electrons. The third-order valence-electron chi connectivity index (χ3n) is 2.67. The average molecular weight is 246 g/mol. The van der Waals surface area contributed by atoms with Gasteiger partial charge in [0.2, 0.25) is 5.91 Å². The van der Waals surface area contributed by atoms with Gasteiger partial charge in [0.15, 0.2) is 0 Å². The first-order valence-electron chi connectivity index (χ1n) is 6.04. The fourth-order valence-corrected chi connectivity index (χ4v) is 1.75. The van der Waals surface area contributed by atoms with E-state index in [2.05, 4.69) is 34.4 Å². The van der Waals surface area contributed by atoms with E-state index in [4.69, 9.17) is 0 Å². The Balaban J connectivity index is 2.24. The summed E-state index contributed by atoms with van der Waals surface area (Å²) in [6.07, 6.45) is 0. The number of rotatable bonds is 4. The highest BCUT2D eigenvalue weighted by molar-refractivity contribution is 5.94. The van der Waals surface area contributed by atoms with Gasteiger partial charge in [0.05, 0.1) is 17.6 Å². The average Bonchev–Trinajstić information content (AvgIpc) is 2.72. The van der Waals surface area contributed by atoms with Gasteiger partial charge in [0, 0.05) is 11.6 Å². The van der Waals surface area contributed by atoms with Gasteiger partial charge in [0.1, 0.15) is 5.82 Å². The van der Waals surface area contributed by atoms with Crippen molar-refractivity contribution in [3.63, 3.8) is 0 Å². The number of carbonyl (C=O) groups excluding carboxylic acids is 1. The zero-order valence-corrected chi connectivity index (χ0v) is 10.9. The first-order valence-corrected chi connectivity index (χ1v) is 6.04. The number of anilines is 1. The molecule has 0 aliphatic rings. The number of amides is 1. The second kappa shape index (κ2) is 5.18. The molecule has 0 saturated heterocycles. The smallest absolute Gasteiger partial charge is 0.238 e. The van der Waals surface area contributed by atoms with E-state index < -0.39 is 0 Å². The minimum Gasteiger partial charge on any atom is -0.342 e. The van der Waals surface area contributed by atoms with E-state index in [1.807, 2.05) is 18.2 Å². The number of benzene rings is 1. The van der Waals surface area contributed by atoms with Crippen molar-refractivity contribution < 1.29 is 4.79 Å². The summed E-state index contributed by atoms with van der Waals surface area (Å²) in [5.74, 6) is 1.27. The Morgan fingerprint density at radius 3 is 2.89 bits per heavy atom. The van der Waals surface area contributed by atoms with Gasteiger partial charge in [-0.15, -0.1) is 0 Å². The molecule has 0 saturated carbocycles. The van der Waals surface area contributed by atoms with E-state index >= 15 is 0 Å². The number of hydrogen-bond acceptors (Lipinski definition) is 3. The van der Waals surface area contributed by atoms with Crippen LogP contribution in [-0.2, 0) is 4.79 Å². The number of likely N-dealkylation sites (N-methyl/N-ethyl adjacent to an activating group) is 1.